The van der Waals surface area contributed by atoms with Crippen molar-refractivity contribution in [3.05, 3.63) is 72.3 Å². The minimum absolute atomic E-state index is 0.149. The Morgan fingerprint density at radius 1 is 1.00 bits per heavy atom. The lowest BCUT2D eigenvalue weighted by Crippen LogP contribution is -2.27. The summed E-state index contributed by atoms with van der Waals surface area (Å²) < 4.78 is 39.5. The molecule has 0 unspecified atom stereocenters. The fourth-order valence-electron chi connectivity index (χ4n) is 4.12. The molecular formula is C28H28N4O6S. The number of nitrogens with zero attached hydrogens (tertiary/aromatic N) is 3. The van der Waals surface area contributed by atoms with Gasteiger partial charge in [-0.1, -0.05) is 12.1 Å². The molecule has 0 saturated carbocycles. The Bertz CT molecular complexity index is 1690. The van der Waals surface area contributed by atoms with Crippen molar-refractivity contribution in [1.29, 1.82) is 0 Å². The van der Waals surface area contributed by atoms with Crippen LogP contribution < -0.4 is 15.0 Å². The summed E-state index contributed by atoms with van der Waals surface area (Å²) in [5, 5.41) is 23.3. The van der Waals surface area contributed by atoms with Crippen LogP contribution in [0.5, 0.6) is 11.5 Å². The average Bonchev–Trinajstić information content (AvgIpc) is 2.89. The smallest absolute Gasteiger partial charge is 0.296 e. The highest BCUT2D eigenvalue weighted by atomic mass is 32.2. The number of aryl methyl sites for hydroxylation is 1. The largest absolute Gasteiger partial charge is 0.505 e. The van der Waals surface area contributed by atoms with E-state index >= 15 is 0 Å². The number of benzene rings is 4. The van der Waals surface area contributed by atoms with E-state index < -0.39 is 26.5 Å². The predicted octanol–water partition coefficient (Wildman–Crippen LogP) is 6.64. The highest BCUT2D eigenvalue weighted by Gasteiger charge is 2.22. The number of aromatic hydroxyl groups is 1. The monoisotopic (exact) mass is 548 g/mol. The SMILES string of the molecule is CCN(C(C)=O)c1ccc(C)c(N=Nc2c(S(=O)(=O)O)cc3ccc(Nc4ccc(OC)cc4)cc3c2O)c1. The van der Waals surface area contributed by atoms with E-state index in [-0.39, 0.29) is 5.91 Å². The minimum Gasteiger partial charge on any atom is -0.505 e. The molecule has 0 radical (unpaired) electrons. The fraction of sp³-hybridized carbons (Fsp3) is 0.179. The lowest BCUT2D eigenvalue weighted by atomic mass is 10.1. The number of rotatable bonds is 8. The van der Waals surface area contributed by atoms with Crippen molar-refractivity contribution in [3.63, 3.8) is 0 Å². The van der Waals surface area contributed by atoms with Crippen LogP contribution in [0.1, 0.15) is 19.4 Å². The molecule has 0 aliphatic carbocycles. The van der Waals surface area contributed by atoms with E-state index in [4.69, 9.17) is 4.74 Å². The van der Waals surface area contributed by atoms with Crippen LogP contribution in [0.4, 0.5) is 28.4 Å². The van der Waals surface area contributed by atoms with Crippen molar-refractivity contribution in [3.8, 4) is 11.5 Å². The second kappa shape index (κ2) is 11.1. The molecule has 1 amide bonds. The Morgan fingerprint density at radius 2 is 1.69 bits per heavy atom. The van der Waals surface area contributed by atoms with Crippen LogP contribution in [0.2, 0.25) is 0 Å². The maximum Gasteiger partial charge on any atom is 0.296 e. The van der Waals surface area contributed by atoms with E-state index in [1.54, 1.807) is 67.5 Å². The van der Waals surface area contributed by atoms with Crippen LogP contribution in [0, 0.1) is 6.92 Å². The van der Waals surface area contributed by atoms with Crippen LogP contribution in [-0.4, -0.2) is 37.6 Å². The molecule has 0 aliphatic rings. The molecule has 11 heteroatoms. The number of hydrogen-bond acceptors (Lipinski definition) is 8. The van der Waals surface area contributed by atoms with Crippen molar-refractivity contribution in [2.24, 2.45) is 10.2 Å². The molecular weight excluding hydrogens is 520 g/mol. The first-order valence-corrected chi connectivity index (χ1v) is 13.4. The van der Waals surface area contributed by atoms with Gasteiger partial charge in [-0.2, -0.15) is 13.5 Å². The number of carbonyl (C=O) groups excluding carboxylic acids is 1. The summed E-state index contributed by atoms with van der Waals surface area (Å²) in [5.41, 5.74) is 2.65. The van der Waals surface area contributed by atoms with Crippen molar-refractivity contribution in [1.82, 2.24) is 0 Å². The molecule has 4 rings (SSSR count). The fourth-order valence-corrected chi connectivity index (χ4v) is 4.78. The molecule has 0 atom stereocenters. The molecule has 0 saturated heterocycles. The van der Waals surface area contributed by atoms with Gasteiger partial charge < -0.3 is 20.1 Å². The van der Waals surface area contributed by atoms with Crippen LogP contribution in [0.3, 0.4) is 0 Å². The van der Waals surface area contributed by atoms with Crippen LogP contribution in [0.25, 0.3) is 10.8 Å². The van der Waals surface area contributed by atoms with Gasteiger partial charge >= 0.3 is 0 Å². The third kappa shape index (κ3) is 6.00. The van der Waals surface area contributed by atoms with Gasteiger partial charge in [0.15, 0.2) is 5.75 Å². The predicted molar refractivity (Wildman–Crippen MR) is 151 cm³/mol. The summed E-state index contributed by atoms with van der Waals surface area (Å²) in [4.78, 5) is 12.9. The summed E-state index contributed by atoms with van der Waals surface area (Å²) >= 11 is 0. The molecule has 0 heterocycles. The molecule has 0 bridgehead atoms. The van der Waals surface area contributed by atoms with Gasteiger partial charge in [-0.05, 0) is 79.4 Å². The van der Waals surface area contributed by atoms with Crippen molar-refractivity contribution in [2.45, 2.75) is 25.7 Å². The van der Waals surface area contributed by atoms with Crippen molar-refractivity contribution in [2.75, 3.05) is 23.9 Å². The third-order valence-electron chi connectivity index (χ3n) is 6.17. The van der Waals surface area contributed by atoms with E-state index in [9.17, 15) is 22.9 Å². The van der Waals surface area contributed by atoms with Crippen LogP contribution in [0.15, 0.2) is 81.9 Å². The second-order valence-corrected chi connectivity index (χ2v) is 10.2. The Kier molecular flexibility index (Phi) is 7.84. The third-order valence-corrected chi connectivity index (χ3v) is 7.03. The van der Waals surface area contributed by atoms with Crippen LogP contribution >= 0.6 is 0 Å². The number of amides is 1. The van der Waals surface area contributed by atoms with Gasteiger partial charge in [0.25, 0.3) is 10.1 Å². The number of fused-ring (bicyclic) bond motifs is 1. The molecule has 3 N–H and O–H groups in total. The van der Waals surface area contributed by atoms with E-state index in [1.807, 2.05) is 19.1 Å². The molecule has 39 heavy (non-hydrogen) atoms. The van der Waals surface area contributed by atoms with Gasteiger partial charge in [-0.25, -0.2) is 0 Å². The Morgan fingerprint density at radius 3 is 2.31 bits per heavy atom. The first-order valence-electron chi connectivity index (χ1n) is 12.0. The van der Waals surface area contributed by atoms with E-state index in [0.717, 1.165) is 5.69 Å². The molecule has 4 aromatic rings. The molecule has 4 aromatic carbocycles. The molecule has 10 nitrogen and oxygen atoms in total. The Balaban J connectivity index is 1.80. The lowest BCUT2D eigenvalue weighted by molar-refractivity contribution is -0.116. The second-order valence-electron chi connectivity index (χ2n) is 8.77. The average molecular weight is 549 g/mol. The number of anilines is 3. The lowest BCUT2D eigenvalue weighted by Gasteiger charge is -2.19. The zero-order chi connectivity index (χ0) is 28.3. The number of phenolic OH excluding ortho intramolecular Hbond substituents is 1. The number of hydrogen-bond donors (Lipinski definition) is 3. The summed E-state index contributed by atoms with van der Waals surface area (Å²) in [5.74, 6) is 0.0908. The number of carbonyl (C=O) groups is 1. The summed E-state index contributed by atoms with van der Waals surface area (Å²) in [6.45, 7) is 5.52. The maximum atomic E-state index is 12.2. The quantitative estimate of drug-likeness (QED) is 0.165. The minimum atomic E-state index is -4.76. The van der Waals surface area contributed by atoms with E-state index in [2.05, 4.69) is 15.5 Å². The highest BCUT2D eigenvalue weighted by molar-refractivity contribution is 7.86. The first-order chi connectivity index (χ1) is 18.5. The number of azo groups is 1. The standard InChI is InChI=1S/C28H28N4O6S/c1-5-32(18(3)33)22-11-6-17(2)25(16-22)30-31-27-26(39(35,36)37)14-19-7-8-21(15-24(19)28(27)34)29-20-9-12-23(38-4)13-10-20/h6-16,29,34H,5H2,1-4H3,(H,35,36,37). The highest BCUT2D eigenvalue weighted by Crippen LogP contribution is 2.42. The van der Waals surface area contributed by atoms with Crippen molar-refractivity contribution < 1.29 is 27.6 Å². The Labute approximate surface area is 226 Å². The van der Waals surface area contributed by atoms with Gasteiger partial charge in [-0.15, -0.1) is 5.11 Å². The number of ether oxygens (including phenoxy) is 1. The van der Waals surface area contributed by atoms with E-state index in [0.29, 0.717) is 45.7 Å². The van der Waals surface area contributed by atoms with Gasteiger partial charge in [-0.3, -0.25) is 9.35 Å². The van der Waals surface area contributed by atoms with Crippen molar-refractivity contribution >= 4 is 55.2 Å². The normalized spacial score (nSPS) is 11.6. The van der Waals surface area contributed by atoms with Gasteiger partial charge in [0.2, 0.25) is 5.91 Å². The maximum absolute atomic E-state index is 12.2. The zero-order valence-corrected chi connectivity index (χ0v) is 22.7. The Hall–Kier alpha value is -4.48. The van der Waals surface area contributed by atoms with Crippen LogP contribution in [-0.2, 0) is 14.9 Å². The van der Waals surface area contributed by atoms with E-state index in [1.165, 1.54) is 13.0 Å². The summed E-state index contributed by atoms with van der Waals surface area (Å²) in [6, 6.07) is 18.6. The van der Waals surface area contributed by atoms with Gasteiger partial charge in [0, 0.05) is 35.9 Å². The molecule has 0 aromatic heterocycles. The number of phenols is 1. The molecule has 202 valence electrons. The topological polar surface area (TPSA) is 141 Å². The zero-order valence-electron chi connectivity index (χ0n) is 21.8. The van der Waals surface area contributed by atoms with Gasteiger partial charge in [0.05, 0.1) is 12.8 Å². The number of nitrogens with one attached hydrogen (secondary N) is 1. The molecule has 0 aliphatic heterocycles. The summed E-state index contributed by atoms with van der Waals surface area (Å²) in [6.07, 6.45) is 0. The molecule has 0 fully saturated rings. The summed E-state index contributed by atoms with van der Waals surface area (Å²) in [7, 11) is -3.18. The molecule has 0 spiro atoms. The first kappa shape index (κ1) is 27.6. The number of methoxy groups -OCH3 is 1. The van der Waals surface area contributed by atoms with Gasteiger partial charge in [0.1, 0.15) is 16.3 Å².